The number of thioether (sulfide) groups is 3. The molecule has 0 aliphatic carbocycles. The number of nitrogens with one attached hydrogen (secondary N) is 3. The number of halogens is 3. The summed E-state index contributed by atoms with van der Waals surface area (Å²) in [7, 11) is 0. The lowest BCUT2D eigenvalue weighted by molar-refractivity contribution is -0.145. The molecule has 8 heterocycles. The van der Waals surface area contributed by atoms with Crippen molar-refractivity contribution in [3.8, 4) is 11.3 Å². The van der Waals surface area contributed by atoms with Gasteiger partial charge in [0.2, 0.25) is 5.91 Å². The van der Waals surface area contributed by atoms with Gasteiger partial charge in [-0.25, -0.2) is 14.9 Å². The van der Waals surface area contributed by atoms with E-state index in [0.29, 0.717) is 76.9 Å². The first kappa shape index (κ1) is 66.7. The Kier molecular flexibility index (Phi) is 25.1. The fraction of sp³-hybridized carbons (Fsp3) is 0.158. The van der Waals surface area contributed by atoms with E-state index >= 15 is 0 Å². The van der Waals surface area contributed by atoms with Gasteiger partial charge in [0.25, 0.3) is 17.7 Å². The second-order valence-electron chi connectivity index (χ2n) is 16.7. The van der Waals surface area contributed by atoms with Gasteiger partial charge in [0.15, 0.2) is 19.4 Å². The summed E-state index contributed by atoms with van der Waals surface area (Å²) in [6.07, 6.45) is 12.1. The quantitative estimate of drug-likeness (QED) is 0.0590. The number of rotatable bonds is 12. The number of nitrogens with zero attached hydrogens (tertiary/aromatic N) is 5. The number of hydrogen-bond acceptors (Lipinski definition) is 19. The van der Waals surface area contributed by atoms with Crippen LogP contribution in [-0.2, 0) is 23.9 Å². The van der Waals surface area contributed by atoms with E-state index in [9.17, 15) is 24.0 Å². The molecule has 84 heavy (non-hydrogen) atoms. The lowest BCUT2D eigenvalue weighted by Gasteiger charge is -2.23. The van der Waals surface area contributed by atoms with Crippen LogP contribution in [0.25, 0.3) is 29.6 Å². The van der Waals surface area contributed by atoms with Crippen molar-refractivity contribution < 1.29 is 37.5 Å². The molecule has 0 saturated carbocycles. The zero-order chi connectivity index (χ0) is 58.5. The molecule has 3 N–H and O–H groups in total. The number of carbonyl (C=O) groups is 5. The Morgan fingerprint density at radius 3 is 2.27 bits per heavy atom. The number of benzene rings is 3. The molecule has 3 aliphatic heterocycles. The van der Waals surface area contributed by atoms with Crippen LogP contribution in [0.5, 0.6) is 0 Å². The maximum Gasteiger partial charge on any atom is 0.326 e. The Hall–Kier alpha value is -6.42. The number of ether oxygens (including phenoxy) is 1. The van der Waals surface area contributed by atoms with E-state index in [4.69, 9.17) is 78.2 Å². The molecule has 3 aliphatic rings. The third-order valence-electron chi connectivity index (χ3n) is 11.0. The number of esters is 1. The Labute approximate surface area is 534 Å². The van der Waals surface area contributed by atoms with Gasteiger partial charge in [-0.3, -0.25) is 44.5 Å². The Balaban J connectivity index is 0.000000182. The van der Waals surface area contributed by atoms with Crippen LogP contribution in [0.1, 0.15) is 59.8 Å². The first-order chi connectivity index (χ1) is 39.5. The number of aromatic amines is 1. The van der Waals surface area contributed by atoms with Crippen molar-refractivity contribution in [2.75, 3.05) is 34.0 Å². The minimum absolute atomic E-state index is 0. The van der Waals surface area contributed by atoms with Crippen LogP contribution < -0.4 is 15.1 Å². The van der Waals surface area contributed by atoms with Gasteiger partial charge in [0.05, 0.1) is 44.2 Å². The average Bonchev–Trinajstić information content (AvgIpc) is 4.49. The van der Waals surface area contributed by atoms with Crippen molar-refractivity contribution in [2.45, 2.75) is 41.0 Å². The molecular weight excluding hydrogens is 1290 g/mol. The normalized spacial score (nSPS) is 15.5. The molecule has 3 aromatic carbocycles. The summed E-state index contributed by atoms with van der Waals surface area (Å²) in [5.74, 6) is 0.912. The first-order valence-corrected chi connectivity index (χ1v) is 31.2. The van der Waals surface area contributed by atoms with Crippen LogP contribution in [0.3, 0.4) is 0 Å². The minimum Gasteiger partial charge on any atom is -0.465 e. The highest BCUT2D eigenvalue weighted by molar-refractivity contribution is 8.26. The molecule has 16 nitrogen and oxygen atoms in total. The van der Waals surface area contributed by atoms with Crippen molar-refractivity contribution in [1.29, 1.82) is 5.41 Å². The van der Waals surface area contributed by atoms with Crippen LogP contribution >= 0.6 is 129 Å². The van der Waals surface area contributed by atoms with Crippen LogP contribution in [-0.4, -0.2) is 83.2 Å². The number of amidine groups is 1. The summed E-state index contributed by atoms with van der Waals surface area (Å²) in [6, 6.07) is 27.9. The standard InChI is InChI=1S/C18H13Cl2NO4S2.C18H16ClNOS.C11H7N3O2S2.C8H7N3OS3.2CH4/c1-2-24-16(22)9-21-17(23)15(27-18(21)26)8-11-4-6-14(25-11)12-5-3-10(19)7-13(12)20;1-13-7-9-15(19)16(11-13)20-17(21)12-22-18(20)10-8-14-5-3-2-4-6-14;12-10-14(11-13-3-5-17-11)9(15)8(18-10)6-7-2-1-4-16-7;1-4-5(15-8(13)10-4)6(12)11-7-9-2-3-14-7;;/h3-8H,2,9H2,1H3;2-11,18H,12H2,1H3;1-6,12H;2-3H,1H3,(H,10,13)(H,9,11,12);2*1H4. The number of furan rings is 2. The molecule has 3 fully saturated rings. The zero-order valence-electron chi connectivity index (χ0n) is 43.0. The molecule has 5 aromatic heterocycles. The van der Waals surface area contributed by atoms with Crippen molar-refractivity contribution in [2.24, 2.45) is 0 Å². The number of hydrogen-bond donors (Lipinski definition) is 3. The molecule has 0 radical (unpaired) electrons. The van der Waals surface area contributed by atoms with Gasteiger partial charge in [-0.15, -0.1) is 34.4 Å². The minimum atomic E-state index is -0.507. The van der Waals surface area contributed by atoms with E-state index in [0.717, 1.165) is 46.0 Å². The number of aromatic nitrogens is 3. The van der Waals surface area contributed by atoms with Gasteiger partial charge in [0, 0.05) is 51.6 Å². The third-order valence-corrected chi connectivity index (χ3v) is 18.0. The van der Waals surface area contributed by atoms with E-state index < -0.39 is 5.97 Å². The van der Waals surface area contributed by atoms with Gasteiger partial charge in [-0.05, 0) is 110 Å². The third kappa shape index (κ3) is 17.6. The number of thiazole rings is 3. The molecule has 8 aromatic rings. The predicted octanol–water partition coefficient (Wildman–Crippen LogP) is 16.7. The highest BCUT2D eigenvalue weighted by Crippen LogP contribution is 2.39. The second-order valence-corrected chi connectivity index (χ2v) is 25.3. The largest absolute Gasteiger partial charge is 0.465 e. The summed E-state index contributed by atoms with van der Waals surface area (Å²) >= 11 is 36.3. The van der Waals surface area contributed by atoms with Gasteiger partial charge < -0.3 is 18.6 Å². The van der Waals surface area contributed by atoms with E-state index in [1.807, 2.05) is 73.8 Å². The molecule has 11 rings (SSSR count). The first-order valence-electron chi connectivity index (χ1n) is 24.0. The molecule has 436 valence electrons. The van der Waals surface area contributed by atoms with Crippen LogP contribution in [0, 0.1) is 23.2 Å². The summed E-state index contributed by atoms with van der Waals surface area (Å²) < 4.78 is 16.7. The molecule has 1 unspecified atom stereocenters. The van der Waals surface area contributed by atoms with E-state index in [-0.39, 0.29) is 62.2 Å². The topological polar surface area (TPSA) is 208 Å². The Morgan fingerprint density at radius 1 is 0.869 bits per heavy atom. The molecule has 4 amide bonds. The molecule has 1 atom stereocenters. The van der Waals surface area contributed by atoms with E-state index in [2.05, 4.69) is 26.3 Å². The molecule has 27 heteroatoms. The molecule has 0 spiro atoms. The molecule has 0 bridgehead atoms. The lowest BCUT2D eigenvalue weighted by atomic mass is 10.2. The fourth-order valence-electron chi connectivity index (χ4n) is 7.34. The van der Waals surface area contributed by atoms with Crippen LogP contribution in [0.2, 0.25) is 15.1 Å². The Morgan fingerprint density at radius 2 is 1.61 bits per heavy atom. The monoisotopic (exact) mass is 1340 g/mol. The molecule has 3 saturated heterocycles. The highest BCUT2D eigenvalue weighted by atomic mass is 35.5. The number of H-pyrrole nitrogens is 1. The van der Waals surface area contributed by atoms with Crippen molar-refractivity contribution in [1.82, 2.24) is 19.9 Å². The fourth-order valence-corrected chi connectivity index (χ4v) is 13.5. The second kappa shape index (κ2) is 31.6. The van der Waals surface area contributed by atoms with Crippen LogP contribution in [0.4, 0.5) is 16.0 Å². The number of aryl methyl sites for hydroxylation is 2. The van der Waals surface area contributed by atoms with E-state index in [1.54, 1.807) is 102 Å². The van der Waals surface area contributed by atoms with E-state index in [1.165, 1.54) is 43.8 Å². The van der Waals surface area contributed by atoms with Gasteiger partial charge in [-0.2, -0.15) is 0 Å². The lowest BCUT2D eigenvalue weighted by Crippen LogP contribution is -2.34. The Bertz CT molecular complexity index is 3790. The van der Waals surface area contributed by atoms with Gasteiger partial charge >= 0.3 is 5.97 Å². The van der Waals surface area contributed by atoms with Crippen LogP contribution in [0.15, 0.2) is 145 Å². The summed E-state index contributed by atoms with van der Waals surface area (Å²) in [5, 5.41) is 17.0. The summed E-state index contributed by atoms with van der Waals surface area (Å²) in [5.41, 5.74) is 4.49. The van der Waals surface area contributed by atoms with Crippen molar-refractivity contribution in [3.63, 3.8) is 0 Å². The van der Waals surface area contributed by atoms with Gasteiger partial charge in [0.1, 0.15) is 38.4 Å². The predicted molar refractivity (Wildman–Crippen MR) is 355 cm³/mol. The number of anilines is 3. The summed E-state index contributed by atoms with van der Waals surface area (Å²) in [6.45, 7) is 5.56. The number of thiocarbonyl (C=S) groups is 1. The SMILES string of the molecule is C.C.CCOC(=O)CN1C(=O)C(=Cc2ccc(-c3ccc(Cl)cc3Cl)o2)SC1=S.Cc1[nH]c(=S)sc1C(=O)Nc1nccs1.Cc1ccc(Cl)c(N2C(=O)CSC2C=Cc2ccccc2)c1.N=C1SC(=Cc2ccco2)C(=O)N1c1nccs1. The number of amides is 4. The van der Waals surface area contributed by atoms with Gasteiger partial charge in [-0.1, -0.05) is 134 Å². The zero-order valence-corrected chi connectivity index (χ0v) is 51.8. The number of carbonyl (C=O) groups excluding carboxylic acids is 5. The summed E-state index contributed by atoms with van der Waals surface area (Å²) in [4.78, 5) is 77.0. The highest BCUT2D eigenvalue weighted by Gasteiger charge is 2.36. The maximum atomic E-state index is 12.5. The maximum absolute atomic E-state index is 12.5. The molecular formula is C57H51Cl3N8O8S8. The van der Waals surface area contributed by atoms with Crippen molar-refractivity contribution in [3.05, 3.63) is 189 Å². The van der Waals surface area contributed by atoms with Crippen molar-refractivity contribution >= 4 is 202 Å². The smallest absolute Gasteiger partial charge is 0.326 e. The average molecular weight is 1340 g/mol.